The Kier molecular flexibility index (Phi) is 7.30. The lowest BCUT2D eigenvalue weighted by Crippen LogP contribution is -2.21. The molecule has 0 N–H and O–H groups in total. The van der Waals surface area contributed by atoms with Gasteiger partial charge in [-0.05, 0) is 33.3 Å². The summed E-state index contributed by atoms with van der Waals surface area (Å²) in [5, 5.41) is 0. The van der Waals surface area contributed by atoms with E-state index in [1.165, 1.54) is 14.0 Å². The Balaban J connectivity index is 2.46. The van der Waals surface area contributed by atoms with Crippen molar-refractivity contribution in [2.45, 2.75) is 58.3 Å². The number of rotatable bonds is 6. The fraction of sp³-hybridized carbons (Fsp3) is 0.647. The van der Waals surface area contributed by atoms with Crippen molar-refractivity contribution < 1.29 is 23.8 Å². The van der Waals surface area contributed by atoms with E-state index in [0.29, 0.717) is 37.9 Å². The van der Waals surface area contributed by atoms with Gasteiger partial charge >= 0.3 is 5.97 Å². The van der Waals surface area contributed by atoms with Gasteiger partial charge in [-0.2, -0.15) is 0 Å². The summed E-state index contributed by atoms with van der Waals surface area (Å²) in [6.07, 6.45) is 3.59. The van der Waals surface area contributed by atoms with Crippen LogP contribution in [-0.2, 0) is 23.8 Å². The van der Waals surface area contributed by atoms with Crippen LogP contribution in [0.3, 0.4) is 0 Å². The van der Waals surface area contributed by atoms with E-state index in [0.717, 1.165) is 0 Å². The highest BCUT2D eigenvalue weighted by molar-refractivity contribution is 5.93. The summed E-state index contributed by atoms with van der Waals surface area (Å²) < 4.78 is 15.7. The summed E-state index contributed by atoms with van der Waals surface area (Å²) in [4.78, 5) is 22.6. The molecule has 1 heterocycles. The molecule has 1 fully saturated rings. The van der Waals surface area contributed by atoms with Crippen molar-refractivity contribution in [3.05, 3.63) is 11.6 Å². The maximum Gasteiger partial charge on any atom is 0.305 e. The molecule has 0 amide bonds. The third-order valence-electron chi connectivity index (χ3n) is 3.18. The van der Waals surface area contributed by atoms with Crippen molar-refractivity contribution in [3.8, 4) is 11.8 Å². The molecule has 0 radical (unpaired) electrons. The van der Waals surface area contributed by atoms with Crippen LogP contribution in [0, 0.1) is 11.8 Å². The Morgan fingerprint density at radius 3 is 2.64 bits per heavy atom. The number of esters is 1. The maximum absolute atomic E-state index is 11.6. The summed E-state index contributed by atoms with van der Waals surface area (Å²) in [5.41, 5.74) is 0.631. The van der Waals surface area contributed by atoms with Gasteiger partial charge in [0.15, 0.2) is 11.6 Å². The third-order valence-corrected chi connectivity index (χ3v) is 3.18. The zero-order valence-electron chi connectivity index (χ0n) is 13.7. The van der Waals surface area contributed by atoms with Gasteiger partial charge in [-0.1, -0.05) is 5.92 Å². The Hall–Kier alpha value is -1.64. The monoisotopic (exact) mass is 308 g/mol. The van der Waals surface area contributed by atoms with Gasteiger partial charge < -0.3 is 14.2 Å². The SMILES string of the molecule is COC(=O)CCCC#CC/C(=C/C1COC(C)(C)O1)C(C)=O. The second kappa shape index (κ2) is 8.72. The molecular formula is C17H24O5. The normalized spacial score (nSPS) is 20.2. The fourth-order valence-electron chi connectivity index (χ4n) is 1.99. The highest BCUT2D eigenvalue weighted by Gasteiger charge is 2.31. The Labute approximate surface area is 132 Å². The highest BCUT2D eigenvalue weighted by atomic mass is 16.7. The highest BCUT2D eigenvalue weighted by Crippen LogP contribution is 2.24. The zero-order chi connectivity index (χ0) is 16.6. The second-order valence-corrected chi connectivity index (χ2v) is 5.58. The Morgan fingerprint density at radius 1 is 1.36 bits per heavy atom. The van der Waals surface area contributed by atoms with Crippen LogP contribution >= 0.6 is 0 Å². The molecule has 5 heteroatoms. The van der Waals surface area contributed by atoms with Gasteiger partial charge in [0.2, 0.25) is 0 Å². The van der Waals surface area contributed by atoms with Crippen LogP contribution in [0.5, 0.6) is 0 Å². The van der Waals surface area contributed by atoms with Crippen LogP contribution < -0.4 is 0 Å². The van der Waals surface area contributed by atoms with Crippen molar-refractivity contribution in [1.82, 2.24) is 0 Å². The molecule has 0 saturated carbocycles. The minimum absolute atomic E-state index is 0.0165. The van der Waals surface area contributed by atoms with E-state index in [1.807, 2.05) is 13.8 Å². The van der Waals surface area contributed by atoms with Gasteiger partial charge in [-0.15, -0.1) is 5.92 Å². The zero-order valence-corrected chi connectivity index (χ0v) is 13.7. The van der Waals surface area contributed by atoms with E-state index in [4.69, 9.17) is 9.47 Å². The number of hydrogen-bond donors (Lipinski definition) is 0. The van der Waals surface area contributed by atoms with E-state index in [2.05, 4.69) is 16.6 Å². The molecule has 1 rings (SSSR count). The molecule has 1 atom stereocenters. The smallest absolute Gasteiger partial charge is 0.305 e. The van der Waals surface area contributed by atoms with Crippen LogP contribution in [0.4, 0.5) is 0 Å². The van der Waals surface area contributed by atoms with Crippen LogP contribution in [0.2, 0.25) is 0 Å². The lowest BCUT2D eigenvalue weighted by Gasteiger charge is -2.16. The van der Waals surface area contributed by atoms with Gasteiger partial charge in [0, 0.05) is 24.8 Å². The first-order chi connectivity index (χ1) is 10.3. The van der Waals surface area contributed by atoms with Crippen LogP contribution in [0.1, 0.15) is 46.5 Å². The van der Waals surface area contributed by atoms with Gasteiger partial charge in [-0.3, -0.25) is 9.59 Å². The number of ketones is 1. The van der Waals surface area contributed by atoms with Crippen molar-refractivity contribution in [1.29, 1.82) is 0 Å². The minimum Gasteiger partial charge on any atom is -0.469 e. The molecule has 0 aliphatic carbocycles. The van der Waals surface area contributed by atoms with E-state index in [1.54, 1.807) is 6.08 Å². The number of methoxy groups -OCH3 is 1. The van der Waals surface area contributed by atoms with Crippen LogP contribution in [-0.4, -0.2) is 37.4 Å². The van der Waals surface area contributed by atoms with E-state index in [9.17, 15) is 9.59 Å². The first-order valence-electron chi connectivity index (χ1n) is 7.40. The maximum atomic E-state index is 11.6. The molecule has 0 aromatic rings. The second-order valence-electron chi connectivity index (χ2n) is 5.58. The van der Waals surface area contributed by atoms with Crippen molar-refractivity contribution in [2.75, 3.05) is 13.7 Å². The summed E-state index contributed by atoms with van der Waals surface area (Å²) in [7, 11) is 1.37. The Morgan fingerprint density at radius 2 is 2.09 bits per heavy atom. The summed E-state index contributed by atoms with van der Waals surface area (Å²) in [6.45, 7) is 5.65. The molecule has 1 saturated heterocycles. The van der Waals surface area contributed by atoms with E-state index >= 15 is 0 Å². The number of unbranched alkanes of at least 4 members (excludes halogenated alkanes) is 1. The van der Waals surface area contributed by atoms with Crippen molar-refractivity contribution >= 4 is 11.8 Å². The number of Topliss-reactive ketones (excluding diaryl/α,β-unsaturated/α-hetero) is 1. The van der Waals surface area contributed by atoms with Gasteiger partial charge in [0.1, 0.15) is 6.10 Å². The number of carbonyl (C=O) groups excluding carboxylic acids is 2. The lowest BCUT2D eigenvalue weighted by atomic mass is 10.1. The van der Waals surface area contributed by atoms with Crippen LogP contribution in [0.15, 0.2) is 11.6 Å². The molecule has 1 aliphatic heterocycles. The van der Waals surface area contributed by atoms with Crippen LogP contribution in [0.25, 0.3) is 0 Å². The number of hydrogen-bond acceptors (Lipinski definition) is 5. The predicted molar refractivity (Wildman–Crippen MR) is 81.9 cm³/mol. The summed E-state index contributed by atoms with van der Waals surface area (Å²) >= 11 is 0. The summed E-state index contributed by atoms with van der Waals surface area (Å²) in [6, 6.07) is 0. The van der Waals surface area contributed by atoms with Crippen molar-refractivity contribution in [3.63, 3.8) is 0 Å². The molecule has 0 spiro atoms. The molecule has 0 aromatic carbocycles. The largest absolute Gasteiger partial charge is 0.469 e. The third kappa shape index (κ3) is 6.88. The molecule has 22 heavy (non-hydrogen) atoms. The first kappa shape index (κ1) is 18.4. The van der Waals surface area contributed by atoms with Gasteiger partial charge in [0.25, 0.3) is 0 Å². The molecule has 1 unspecified atom stereocenters. The summed E-state index contributed by atoms with van der Waals surface area (Å²) in [5.74, 6) is 5.08. The number of ether oxygens (including phenoxy) is 3. The standard InChI is InChI=1S/C17H24O5/c1-13(18)14(11-15-12-21-17(2,3)22-15)9-7-5-6-8-10-16(19)20-4/h11,15H,6,8-10,12H2,1-4H3/b14-11-. The number of carbonyl (C=O) groups is 2. The van der Waals surface area contributed by atoms with E-state index < -0.39 is 5.79 Å². The first-order valence-corrected chi connectivity index (χ1v) is 7.40. The topological polar surface area (TPSA) is 61.8 Å². The average molecular weight is 308 g/mol. The molecule has 5 nitrogen and oxygen atoms in total. The fourth-order valence-corrected chi connectivity index (χ4v) is 1.99. The Bertz CT molecular complexity index is 493. The predicted octanol–water partition coefficient (Wildman–Crippen LogP) is 2.39. The average Bonchev–Trinajstić information content (AvgIpc) is 2.79. The quantitative estimate of drug-likeness (QED) is 0.326. The lowest BCUT2D eigenvalue weighted by molar-refractivity contribution is -0.140. The van der Waals surface area contributed by atoms with E-state index in [-0.39, 0.29) is 17.9 Å². The number of allylic oxidation sites excluding steroid dienone is 1. The molecular weight excluding hydrogens is 284 g/mol. The molecule has 0 bridgehead atoms. The molecule has 1 aliphatic rings. The van der Waals surface area contributed by atoms with Gasteiger partial charge in [0.05, 0.1) is 13.7 Å². The molecule has 0 aromatic heterocycles. The minimum atomic E-state index is -0.609. The van der Waals surface area contributed by atoms with Crippen molar-refractivity contribution in [2.24, 2.45) is 0 Å². The molecule has 122 valence electrons. The van der Waals surface area contributed by atoms with Gasteiger partial charge in [-0.25, -0.2) is 0 Å².